The summed E-state index contributed by atoms with van der Waals surface area (Å²) in [6.07, 6.45) is 0.919. The van der Waals surface area contributed by atoms with Crippen molar-refractivity contribution in [3.8, 4) is 0 Å². The fourth-order valence-corrected chi connectivity index (χ4v) is 2.57. The number of ether oxygens (including phenoxy) is 1. The van der Waals surface area contributed by atoms with Gasteiger partial charge in [0, 0.05) is 19.5 Å². The second-order valence-electron chi connectivity index (χ2n) is 5.87. The highest BCUT2D eigenvalue weighted by atomic mass is 16.5. The number of rotatable bonds is 7. The standard InChI is InChI=1S/C14H26N2O4/c1-10(2)5-11(8-15)6-13(17)16-3-4-20-12(9-16)7-14(18)19/h10-12H,3-9,15H2,1-2H3,(H,18,19)/t11-,12?/m0/s1. The summed E-state index contributed by atoms with van der Waals surface area (Å²) in [5, 5.41) is 8.77. The number of nitrogens with zero attached hydrogens (tertiary/aromatic N) is 1. The lowest BCUT2D eigenvalue weighted by Gasteiger charge is -2.33. The second kappa shape index (κ2) is 8.21. The van der Waals surface area contributed by atoms with Gasteiger partial charge in [-0.25, -0.2) is 0 Å². The van der Waals surface area contributed by atoms with Crippen molar-refractivity contribution < 1.29 is 19.4 Å². The average molecular weight is 286 g/mol. The summed E-state index contributed by atoms with van der Waals surface area (Å²) in [6, 6.07) is 0. The fraction of sp³-hybridized carbons (Fsp3) is 0.857. The lowest BCUT2D eigenvalue weighted by atomic mass is 9.93. The number of amides is 1. The molecular formula is C14H26N2O4. The molecule has 1 aliphatic heterocycles. The Morgan fingerprint density at radius 2 is 2.15 bits per heavy atom. The van der Waals surface area contributed by atoms with E-state index < -0.39 is 12.1 Å². The molecular weight excluding hydrogens is 260 g/mol. The van der Waals surface area contributed by atoms with E-state index in [-0.39, 0.29) is 18.2 Å². The van der Waals surface area contributed by atoms with Crippen LogP contribution in [0.5, 0.6) is 0 Å². The summed E-state index contributed by atoms with van der Waals surface area (Å²) < 4.78 is 5.37. The van der Waals surface area contributed by atoms with Crippen LogP contribution in [-0.4, -0.2) is 54.2 Å². The van der Waals surface area contributed by atoms with E-state index >= 15 is 0 Å². The van der Waals surface area contributed by atoms with Gasteiger partial charge in [0.25, 0.3) is 0 Å². The third kappa shape index (κ3) is 5.88. The summed E-state index contributed by atoms with van der Waals surface area (Å²) >= 11 is 0. The molecule has 0 radical (unpaired) electrons. The van der Waals surface area contributed by atoms with E-state index in [1.807, 2.05) is 0 Å². The Bertz CT molecular complexity index is 333. The number of hydrogen-bond donors (Lipinski definition) is 2. The summed E-state index contributed by atoms with van der Waals surface area (Å²) in [5.41, 5.74) is 5.72. The van der Waals surface area contributed by atoms with Crippen LogP contribution in [0.1, 0.15) is 33.1 Å². The topological polar surface area (TPSA) is 92.9 Å². The van der Waals surface area contributed by atoms with Gasteiger partial charge in [0.2, 0.25) is 5.91 Å². The van der Waals surface area contributed by atoms with E-state index in [9.17, 15) is 9.59 Å². The maximum absolute atomic E-state index is 12.2. The van der Waals surface area contributed by atoms with Gasteiger partial charge >= 0.3 is 5.97 Å². The largest absolute Gasteiger partial charge is 0.481 e. The number of nitrogens with two attached hydrogens (primary N) is 1. The van der Waals surface area contributed by atoms with Crippen molar-refractivity contribution in [3.05, 3.63) is 0 Å². The molecule has 20 heavy (non-hydrogen) atoms. The average Bonchev–Trinajstić information content (AvgIpc) is 2.36. The lowest BCUT2D eigenvalue weighted by molar-refractivity contribution is -0.148. The summed E-state index contributed by atoms with van der Waals surface area (Å²) in [5.74, 6) is -0.132. The van der Waals surface area contributed by atoms with Gasteiger partial charge in [-0.2, -0.15) is 0 Å². The Balaban J connectivity index is 2.47. The molecule has 1 rings (SSSR count). The summed E-state index contributed by atoms with van der Waals surface area (Å²) in [7, 11) is 0. The molecule has 2 atom stereocenters. The Morgan fingerprint density at radius 3 is 2.70 bits per heavy atom. The Morgan fingerprint density at radius 1 is 1.45 bits per heavy atom. The molecule has 3 N–H and O–H groups in total. The van der Waals surface area contributed by atoms with Gasteiger partial charge in [-0.1, -0.05) is 13.8 Å². The smallest absolute Gasteiger partial charge is 0.306 e. The Labute approximate surface area is 120 Å². The van der Waals surface area contributed by atoms with Gasteiger partial charge in [-0.3, -0.25) is 9.59 Å². The molecule has 1 fully saturated rings. The molecule has 0 aromatic rings. The number of carbonyl (C=O) groups is 2. The number of carbonyl (C=O) groups excluding carboxylic acids is 1. The molecule has 0 bridgehead atoms. The van der Waals surface area contributed by atoms with Crippen LogP contribution in [-0.2, 0) is 14.3 Å². The quantitative estimate of drug-likeness (QED) is 0.718. The van der Waals surface area contributed by atoms with E-state index in [1.54, 1.807) is 4.90 Å². The minimum atomic E-state index is -0.899. The minimum absolute atomic E-state index is 0.0554. The molecule has 6 nitrogen and oxygen atoms in total. The third-order valence-corrected chi connectivity index (χ3v) is 3.50. The Kier molecular flexibility index (Phi) is 6.95. The third-order valence-electron chi connectivity index (χ3n) is 3.50. The van der Waals surface area contributed by atoms with Crippen molar-refractivity contribution in [2.75, 3.05) is 26.2 Å². The maximum atomic E-state index is 12.2. The van der Waals surface area contributed by atoms with E-state index in [1.165, 1.54) is 0 Å². The molecule has 1 aliphatic rings. The zero-order valence-corrected chi connectivity index (χ0v) is 12.4. The van der Waals surface area contributed by atoms with Gasteiger partial charge in [0.1, 0.15) is 0 Å². The normalized spacial score (nSPS) is 21.0. The predicted molar refractivity (Wildman–Crippen MR) is 75.2 cm³/mol. The Hall–Kier alpha value is -1.14. The molecule has 116 valence electrons. The number of hydrogen-bond acceptors (Lipinski definition) is 4. The molecule has 0 aromatic carbocycles. The molecule has 6 heteroatoms. The number of morpholine rings is 1. The van der Waals surface area contributed by atoms with Crippen LogP contribution >= 0.6 is 0 Å². The highest BCUT2D eigenvalue weighted by Gasteiger charge is 2.27. The molecule has 1 unspecified atom stereocenters. The van der Waals surface area contributed by atoms with Crippen LogP contribution < -0.4 is 5.73 Å². The van der Waals surface area contributed by atoms with Gasteiger partial charge in [-0.05, 0) is 24.8 Å². The van der Waals surface area contributed by atoms with Crippen molar-refractivity contribution in [2.45, 2.75) is 39.2 Å². The minimum Gasteiger partial charge on any atom is -0.481 e. The first kappa shape index (κ1) is 16.9. The lowest BCUT2D eigenvalue weighted by Crippen LogP contribution is -2.47. The highest BCUT2D eigenvalue weighted by molar-refractivity contribution is 5.76. The van der Waals surface area contributed by atoms with Crippen molar-refractivity contribution in [3.63, 3.8) is 0 Å². The van der Waals surface area contributed by atoms with Crippen molar-refractivity contribution >= 4 is 11.9 Å². The molecule has 0 aromatic heterocycles. The van der Waals surface area contributed by atoms with Crippen LogP contribution in [0, 0.1) is 11.8 Å². The number of carboxylic acids is 1. The van der Waals surface area contributed by atoms with E-state index in [0.29, 0.717) is 38.6 Å². The maximum Gasteiger partial charge on any atom is 0.306 e. The number of carboxylic acid groups (broad SMARTS) is 1. The van der Waals surface area contributed by atoms with Gasteiger partial charge < -0.3 is 20.5 Å². The summed E-state index contributed by atoms with van der Waals surface area (Å²) in [4.78, 5) is 24.6. The van der Waals surface area contributed by atoms with E-state index in [2.05, 4.69) is 13.8 Å². The van der Waals surface area contributed by atoms with Crippen LogP contribution in [0.3, 0.4) is 0 Å². The monoisotopic (exact) mass is 286 g/mol. The highest BCUT2D eigenvalue weighted by Crippen LogP contribution is 2.17. The van der Waals surface area contributed by atoms with Gasteiger partial charge in [-0.15, -0.1) is 0 Å². The van der Waals surface area contributed by atoms with Crippen molar-refractivity contribution in [2.24, 2.45) is 17.6 Å². The van der Waals surface area contributed by atoms with E-state index in [4.69, 9.17) is 15.6 Å². The first-order chi connectivity index (χ1) is 9.42. The van der Waals surface area contributed by atoms with Gasteiger partial charge in [0.05, 0.1) is 19.1 Å². The van der Waals surface area contributed by atoms with Crippen LogP contribution in [0.2, 0.25) is 0 Å². The molecule has 0 spiro atoms. The predicted octanol–water partition coefficient (Wildman–Crippen LogP) is 0.700. The fourth-order valence-electron chi connectivity index (χ4n) is 2.57. The zero-order chi connectivity index (χ0) is 15.1. The van der Waals surface area contributed by atoms with Gasteiger partial charge in [0.15, 0.2) is 0 Å². The molecule has 0 saturated carbocycles. The van der Waals surface area contributed by atoms with Crippen molar-refractivity contribution in [1.29, 1.82) is 0 Å². The van der Waals surface area contributed by atoms with E-state index in [0.717, 1.165) is 6.42 Å². The van der Waals surface area contributed by atoms with Crippen LogP contribution in [0.25, 0.3) is 0 Å². The molecule has 0 aliphatic carbocycles. The number of aliphatic carboxylic acids is 1. The molecule has 1 amide bonds. The summed E-state index contributed by atoms with van der Waals surface area (Å²) in [6.45, 7) is 6.04. The zero-order valence-electron chi connectivity index (χ0n) is 12.4. The molecule has 1 heterocycles. The first-order valence-electron chi connectivity index (χ1n) is 7.23. The van der Waals surface area contributed by atoms with Crippen LogP contribution in [0.15, 0.2) is 0 Å². The first-order valence-corrected chi connectivity index (χ1v) is 7.23. The van der Waals surface area contributed by atoms with Crippen molar-refractivity contribution in [1.82, 2.24) is 4.90 Å². The molecule has 1 saturated heterocycles. The van der Waals surface area contributed by atoms with Crippen LogP contribution in [0.4, 0.5) is 0 Å². The SMILES string of the molecule is CC(C)C[C@H](CN)CC(=O)N1CCOC(CC(=O)O)C1. The second-order valence-corrected chi connectivity index (χ2v) is 5.87.